The maximum atomic E-state index is 11.7. The number of nitrogens with zero attached hydrogens (tertiary/aromatic N) is 1. The molecule has 6 nitrogen and oxygen atoms in total. The number of anilines is 1. The smallest absolute Gasteiger partial charge is 0.280 e. The van der Waals surface area contributed by atoms with E-state index >= 15 is 0 Å². The molecule has 0 saturated heterocycles. The fourth-order valence-corrected chi connectivity index (χ4v) is 1.64. The van der Waals surface area contributed by atoms with Crippen LogP contribution in [-0.2, 0) is 4.79 Å². The number of aromatic amines is 1. The Labute approximate surface area is 106 Å². The average Bonchev–Trinajstić information content (AvgIpc) is 3.08. The van der Waals surface area contributed by atoms with Crippen LogP contribution in [0.5, 0.6) is 0 Å². The molecule has 0 radical (unpaired) electrons. The molecule has 0 spiro atoms. The molecule has 1 atom stereocenters. The van der Waals surface area contributed by atoms with Crippen LogP contribution in [0.2, 0.25) is 0 Å². The van der Waals surface area contributed by atoms with Gasteiger partial charge in [0.25, 0.3) is 5.56 Å². The Morgan fingerprint density at radius 1 is 1.65 bits per heavy atom. The summed E-state index contributed by atoms with van der Waals surface area (Å²) in [6, 6.07) is -0.0806. The molecule has 1 aliphatic rings. The number of hydrogen-bond acceptors (Lipinski definition) is 4. The monoisotopic (exact) mass is 300 g/mol. The first-order valence-electron chi connectivity index (χ1n) is 5.38. The van der Waals surface area contributed by atoms with Crippen LogP contribution in [0.25, 0.3) is 0 Å². The second-order valence-electron chi connectivity index (χ2n) is 4.08. The molecule has 92 valence electrons. The Balaban J connectivity index is 2.01. The Morgan fingerprint density at radius 3 is 3.00 bits per heavy atom. The standard InChI is InChI=1S/C10H13BrN4O2/c1-5(9(16)14-6-2-3-6)13-7-4-12-15-10(17)8(7)11/h4-6H,2-3H2,1H3,(H,14,16)(H2,13,15,17). The summed E-state index contributed by atoms with van der Waals surface area (Å²) < 4.78 is 0.346. The topological polar surface area (TPSA) is 86.9 Å². The molecule has 1 amide bonds. The van der Waals surface area contributed by atoms with E-state index in [-0.39, 0.29) is 11.5 Å². The van der Waals surface area contributed by atoms with Gasteiger partial charge in [-0.3, -0.25) is 9.59 Å². The summed E-state index contributed by atoms with van der Waals surface area (Å²) in [6.45, 7) is 1.74. The molecule has 1 saturated carbocycles. The van der Waals surface area contributed by atoms with Gasteiger partial charge in [0, 0.05) is 6.04 Å². The van der Waals surface area contributed by atoms with Gasteiger partial charge < -0.3 is 10.6 Å². The maximum absolute atomic E-state index is 11.7. The van der Waals surface area contributed by atoms with Crippen molar-refractivity contribution < 1.29 is 4.79 Å². The highest BCUT2D eigenvalue weighted by atomic mass is 79.9. The molecular weight excluding hydrogens is 288 g/mol. The van der Waals surface area contributed by atoms with Gasteiger partial charge in [-0.1, -0.05) is 0 Å². The molecule has 1 unspecified atom stereocenters. The van der Waals surface area contributed by atoms with E-state index in [0.29, 0.717) is 16.2 Å². The highest BCUT2D eigenvalue weighted by Gasteiger charge is 2.25. The lowest BCUT2D eigenvalue weighted by Crippen LogP contribution is -2.39. The van der Waals surface area contributed by atoms with Crippen molar-refractivity contribution >= 4 is 27.5 Å². The summed E-state index contributed by atoms with van der Waals surface area (Å²) in [5.74, 6) is -0.0697. The zero-order valence-corrected chi connectivity index (χ0v) is 10.9. The van der Waals surface area contributed by atoms with Crippen molar-refractivity contribution in [2.45, 2.75) is 31.8 Å². The van der Waals surface area contributed by atoms with Crippen molar-refractivity contribution in [2.24, 2.45) is 0 Å². The van der Waals surface area contributed by atoms with Gasteiger partial charge >= 0.3 is 0 Å². The molecule has 1 aromatic heterocycles. The molecule has 0 aromatic carbocycles. The van der Waals surface area contributed by atoms with E-state index in [2.05, 4.69) is 36.8 Å². The molecule has 1 aromatic rings. The molecule has 0 aliphatic heterocycles. The molecular formula is C10H13BrN4O2. The number of H-pyrrole nitrogens is 1. The summed E-state index contributed by atoms with van der Waals surface area (Å²) in [6.07, 6.45) is 3.57. The zero-order valence-electron chi connectivity index (χ0n) is 9.29. The molecule has 1 heterocycles. The highest BCUT2D eigenvalue weighted by Crippen LogP contribution is 2.20. The SMILES string of the molecule is CC(Nc1cn[nH]c(=O)c1Br)C(=O)NC1CC1. The van der Waals surface area contributed by atoms with E-state index < -0.39 is 6.04 Å². The van der Waals surface area contributed by atoms with Crippen molar-refractivity contribution in [3.05, 3.63) is 21.0 Å². The van der Waals surface area contributed by atoms with Crippen molar-refractivity contribution in [2.75, 3.05) is 5.32 Å². The third kappa shape index (κ3) is 3.06. The maximum Gasteiger partial charge on any atom is 0.280 e. The summed E-state index contributed by atoms with van der Waals surface area (Å²) >= 11 is 3.14. The summed E-state index contributed by atoms with van der Waals surface area (Å²) in [5.41, 5.74) is 0.178. The van der Waals surface area contributed by atoms with Crippen LogP contribution in [0, 0.1) is 0 Å². The van der Waals surface area contributed by atoms with Gasteiger partial charge in [-0.2, -0.15) is 5.10 Å². The fourth-order valence-electron chi connectivity index (χ4n) is 1.34. The summed E-state index contributed by atoms with van der Waals surface area (Å²) in [5, 5.41) is 11.8. The third-order valence-electron chi connectivity index (χ3n) is 2.48. The van der Waals surface area contributed by atoms with E-state index in [1.54, 1.807) is 6.92 Å². The molecule has 2 rings (SSSR count). The van der Waals surface area contributed by atoms with Crippen molar-refractivity contribution in [3.63, 3.8) is 0 Å². The largest absolute Gasteiger partial charge is 0.372 e. The minimum absolute atomic E-state index is 0.0697. The number of carbonyl (C=O) groups excluding carboxylic acids is 1. The van der Waals surface area contributed by atoms with Crippen molar-refractivity contribution in [3.8, 4) is 0 Å². The van der Waals surface area contributed by atoms with Crippen LogP contribution in [0.3, 0.4) is 0 Å². The van der Waals surface area contributed by atoms with E-state index in [1.807, 2.05) is 0 Å². The predicted octanol–water partition coefficient (Wildman–Crippen LogP) is 0.611. The molecule has 7 heteroatoms. The molecule has 1 aliphatic carbocycles. The first kappa shape index (κ1) is 12.1. The van der Waals surface area contributed by atoms with Crippen LogP contribution in [0.4, 0.5) is 5.69 Å². The Morgan fingerprint density at radius 2 is 2.35 bits per heavy atom. The summed E-state index contributed by atoms with van der Waals surface area (Å²) in [4.78, 5) is 23.0. The minimum Gasteiger partial charge on any atom is -0.372 e. The summed E-state index contributed by atoms with van der Waals surface area (Å²) in [7, 11) is 0. The van der Waals surface area contributed by atoms with Gasteiger partial charge in [0.05, 0.1) is 11.9 Å². The molecule has 17 heavy (non-hydrogen) atoms. The van der Waals surface area contributed by atoms with E-state index in [4.69, 9.17) is 0 Å². The number of rotatable bonds is 4. The quantitative estimate of drug-likeness (QED) is 0.760. The Kier molecular flexibility index (Phi) is 3.46. The van der Waals surface area contributed by atoms with Crippen molar-refractivity contribution in [1.29, 1.82) is 0 Å². The van der Waals surface area contributed by atoms with Gasteiger partial charge in [0.1, 0.15) is 10.5 Å². The average molecular weight is 301 g/mol. The minimum atomic E-state index is -0.407. The normalized spacial score (nSPS) is 16.4. The predicted molar refractivity (Wildman–Crippen MR) is 66.8 cm³/mol. The number of halogens is 1. The van der Waals surface area contributed by atoms with Gasteiger partial charge in [-0.15, -0.1) is 0 Å². The number of nitrogens with one attached hydrogen (secondary N) is 3. The number of carbonyl (C=O) groups is 1. The zero-order chi connectivity index (χ0) is 12.4. The Hall–Kier alpha value is -1.37. The van der Waals surface area contributed by atoms with Crippen LogP contribution in [-0.4, -0.2) is 28.2 Å². The second-order valence-corrected chi connectivity index (χ2v) is 4.87. The van der Waals surface area contributed by atoms with Crippen LogP contribution >= 0.6 is 15.9 Å². The van der Waals surface area contributed by atoms with Crippen LogP contribution < -0.4 is 16.2 Å². The molecule has 1 fully saturated rings. The third-order valence-corrected chi connectivity index (χ3v) is 3.27. The second kappa shape index (κ2) is 4.87. The number of amides is 1. The van der Waals surface area contributed by atoms with Gasteiger partial charge in [0.15, 0.2) is 0 Å². The van der Waals surface area contributed by atoms with Crippen LogP contribution in [0.15, 0.2) is 15.5 Å². The van der Waals surface area contributed by atoms with Gasteiger partial charge in [0.2, 0.25) is 5.91 Å². The molecule has 3 N–H and O–H groups in total. The number of aromatic nitrogens is 2. The lowest BCUT2D eigenvalue weighted by atomic mass is 10.3. The van der Waals surface area contributed by atoms with E-state index in [9.17, 15) is 9.59 Å². The number of hydrogen-bond donors (Lipinski definition) is 3. The molecule has 0 bridgehead atoms. The Bertz CT molecular complexity index is 483. The first-order valence-corrected chi connectivity index (χ1v) is 6.17. The highest BCUT2D eigenvalue weighted by molar-refractivity contribution is 9.10. The van der Waals surface area contributed by atoms with Gasteiger partial charge in [-0.25, -0.2) is 5.10 Å². The van der Waals surface area contributed by atoms with E-state index in [0.717, 1.165) is 12.8 Å². The lowest BCUT2D eigenvalue weighted by molar-refractivity contribution is -0.121. The van der Waals surface area contributed by atoms with Crippen molar-refractivity contribution in [1.82, 2.24) is 15.5 Å². The first-order chi connectivity index (χ1) is 8.08. The fraction of sp³-hybridized carbons (Fsp3) is 0.500. The van der Waals surface area contributed by atoms with Crippen LogP contribution in [0.1, 0.15) is 19.8 Å². The van der Waals surface area contributed by atoms with E-state index in [1.165, 1.54) is 6.20 Å². The van der Waals surface area contributed by atoms with Gasteiger partial charge in [-0.05, 0) is 35.7 Å². The lowest BCUT2D eigenvalue weighted by Gasteiger charge is -2.15.